The van der Waals surface area contributed by atoms with E-state index in [4.69, 9.17) is 5.11 Å². The van der Waals surface area contributed by atoms with Crippen LogP contribution < -0.4 is 0 Å². The predicted octanol–water partition coefficient (Wildman–Crippen LogP) is 2.49. The standard InChI is InChI=1S/C11H11NO2S/c13-11(14)10-2-1-5-12(10)6-3-9-4-7-15-8-9/h1-2,4-5,7-8H,3,6H2,(H,13,14). The van der Waals surface area contributed by atoms with Crippen LogP contribution in [0.1, 0.15) is 16.1 Å². The molecule has 3 nitrogen and oxygen atoms in total. The maximum atomic E-state index is 10.8. The van der Waals surface area contributed by atoms with E-state index in [1.54, 1.807) is 34.2 Å². The lowest BCUT2D eigenvalue weighted by atomic mass is 10.2. The van der Waals surface area contributed by atoms with E-state index in [0.717, 1.165) is 6.42 Å². The Kier molecular flexibility index (Phi) is 2.87. The third-order valence-corrected chi connectivity index (χ3v) is 3.00. The van der Waals surface area contributed by atoms with Gasteiger partial charge in [0.2, 0.25) is 0 Å². The fourth-order valence-corrected chi connectivity index (χ4v) is 2.19. The minimum Gasteiger partial charge on any atom is -0.477 e. The van der Waals surface area contributed by atoms with E-state index in [0.29, 0.717) is 12.2 Å². The molecule has 4 heteroatoms. The molecule has 15 heavy (non-hydrogen) atoms. The molecule has 0 aliphatic heterocycles. The molecule has 0 bridgehead atoms. The van der Waals surface area contributed by atoms with E-state index < -0.39 is 5.97 Å². The van der Waals surface area contributed by atoms with Crippen molar-refractivity contribution in [2.45, 2.75) is 13.0 Å². The van der Waals surface area contributed by atoms with Crippen molar-refractivity contribution >= 4 is 17.3 Å². The maximum Gasteiger partial charge on any atom is 0.352 e. The Bertz CT molecular complexity index is 445. The molecule has 0 aliphatic carbocycles. The monoisotopic (exact) mass is 221 g/mol. The Hall–Kier alpha value is -1.55. The van der Waals surface area contributed by atoms with E-state index in [-0.39, 0.29) is 0 Å². The van der Waals surface area contributed by atoms with Gasteiger partial charge in [-0.05, 0) is 40.9 Å². The molecule has 0 radical (unpaired) electrons. The Balaban J connectivity index is 2.05. The fraction of sp³-hybridized carbons (Fsp3) is 0.182. The molecule has 0 amide bonds. The predicted molar refractivity (Wildman–Crippen MR) is 59.4 cm³/mol. The van der Waals surface area contributed by atoms with Crippen molar-refractivity contribution < 1.29 is 9.90 Å². The summed E-state index contributed by atoms with van der Waals surface area (Å²) < 4.78 is 1.76. The topological polar surface area (TPSA) is 42.2 Å². The molecule has 1 N–H and O–H groups in total. The van der Waals surface area contributed by atoms with Gasteiger partial charge < -0.3 is 9.67 Å². The lowest BCUT2D eigenvalue weighted by Crippen LogP contribution is -2.08. The minimum atomic E-state index is -0.870. The van der Waals surface area contributed by atoms with Crippen molar-refractivity contribution in [3.05, 3.63) is 46.4 Å². The molecule has 0 unspecified atom stereocenters. The van der Waals surface area contributed by atoms with Gasteiger partial charge in [0.1, 0.15) is 5.69 Å². The van der Waals surface area contributed by atoms with Gasteiger partial charge in [-0.3, -0.25) is 0 Å². The molecule has 0 spiro atoms. The number of hydrogen-bond acceptors (Lipinski definition) is 2. The van der Waals surface area contributed by atoms with Gasteiger partial charge >= 0.3 is 5.97 Å². The summed E-state index contributed by atoms with van der Waals surface area (Å²) in [6.45, 7) is 0.714. The maximum absolute atomic E-state index is 10.8. The van der Waals surface area contributed by atoms with Crippen LogP contribution in [0.25, 0.3) is 0 Å². The lowest BCUT2D eigenvalue weighted by Gasteiger charge is -2.04. The van der Waals surface area contributed by atoms with Gasteiger partial charge in [-0.25, -0.2) is 4.79 Å². The van der Waals surface area contributed by atoms with Gasteiger partial charge in [0, 0.05) is 12.7 Å². The third kappa shape index (κ3) is 2.27. The zero-order valence-corrected chi connectivity index (χ0v) is 8.91. The second-order valence-corrected chi connectivity index (χ2v) is 4.05. The number of aryl methyl sites for hydroxylation is 2. The summed E-state index contributed by atoms with van der Waals surface area (Å²) in [6, 6.07) is 5.45. The summed E-state index contributed by atoms with van der Waals surface area (Å²) in [5.74, 6) is -0.870. The Morgan fingerprint density at radius 2 is 2.33 bits per heavy atom. The number of aromatic nitrogens is 1. The number of carbonyl (C=O) groups is 1. The second-order valence-electron chi connectivity index (χ2n) is 3.27. The quantitative estimate of drug-likeness (QED) is 0.861. The molecule has 0 saturated carbocycles. The molecule has 0 saturated heterocycles. The molecule has 0 fully saturated rings. The summed E-state index contributed by atoms with van der Waals surface area (Å²) in [4.78, 5) is 10.8. The first kappa shape index (κ1) is 9.98. The van der Waals surface area contributed by atoms with Crippen molar-refractivity contribution in [2.24, 2.45) is 0 Å². The van der Waals surface area contributed by atoms with E-state index in [2.05, 4.69) is 11.4 Å². The SMILES string of the molecule is O=C(O)c1cccn1CCc1ccsc1. The summed E-state index contributed by atoms with van der Waals surface area (Å²) in [7, 11) is 0. The molecule has 78 valence electrons. The zero-order chi connectivity index (χ0) is 10.7. The molecule has 2 aromatic heterocycles. The smallest absolute Gasteiger partial charge is 0.352 e. The average Bonchev–Trinajstić information content (AvgIpc) is 2.86. The summed E-state index contributed by atoms with van der Waals surface area (Å²) >= 11 is 1.66. The normalized spacial score (nSPS) is 10.4. The van der Waals surface area contributed by atoms with Crippen molar-refractivity contribution in [3.63, 3.8) is 0 Å². The second kappa shape index (κ2) is 4.31. The van der Waals surface area contributed by atoms with Crippen LogP contribution in [0.2, 0.25) is 0 Å². The van der Waals surface area contributed by atoms with Gasteiger partial charge in [0.05, 0.1) is 0 Å². The van der Waals surface area contributed by atoms with Crippen molar-refractivity contribution in [2.75, 3.05) is 0 Å². The molecule has 0 aliphatic rings. The number of carboxylic acid groups (broad SMARTS) is 1. The summed E-state index contributed by atoms with van der Waals surface area (Å²) in [5, 5.41) is 13.0. The Labute approximate surface area is 91.6 Å². The molecule has 0 atom stereocenters. The first-order valence-electron chi connectivity index (χ1n) is 4.67. The number of aromatic carboxylic acids is 1. The summed E-state index contributed by atoms with van der Waals surface area (Å²) in [6.07, 6.45) is 2.67. The van der Waals surface area contributed by atoms with Crippen molar-refractivity contribution in [1.29, 1.82) is 0 Å². The highest BCUT2D eigenvalue weighted by Crippen LogP contribution is 2.09. The molecular weight excluding hydrogens is 210 g/mol. The minimum absolute atomic E-state index is 0.352. The van der Waals surface area contributed by atoms with E-state index in [9.17, 15) is 4.79 Å². The van der Waals surface area contributed by atoms with Crippen LogP contribution >= 0.6 is 11.3 Å². The Morgan fingerprint density at radius 1 is 1.47 bits per heavy atom. The average molecular weight is 221 g/mol. The lowest BCUT2D eigenvalue weighted by molar-refractivity contribution is 0.0685. The van der Waals surface area contributed by atoms with Crippen LogP contribution in [0.15, 0.2) is 35.2 Å². The van der Waals surface area contributed by atoms with Gasteiger partial charge in [-0.2, -0.15) is 11.3 Å². The van der Waals surface area contributed by atoms with Crippen LogP contribution in [-0.2, 0) is 13.0 Å². The van der Waals surface area contributed by atoms with Crippen molar-refractivity contribution in [3.8, 4) is 0 Å². The first-order valence-corrected chi connectivity index (χ1v) is 5.61. The van der Waals surface area contributed by atoms with Crippen LogP contribution in [0.3, 0.4) is 0 Å². The fourth-order valence-electron chi connectivity index (χ4n) is 1.49. The largest absolute Gasteiger partial charge is 0.477 e. The number of carboxylic acids is 1. The Morgan fingerprint density at radius 3 is 3.00 bits per heavy atom. The van der Waals surface area contributed by atoms with E-state index >= 15 is 0 Å². The van der Waals surface area contributed by atoms with Crippen molar-refractivity contribution in [1.82, 2.24) is 4.57 Å². The molecule has 2 aromatic rings. The number of thiophene rings is 1. The summed E-state index contributed by atoms with van der Waals surface area (Å²) in [5.41, 5.74) is 1.61. The van der Waals surface area contributed by atoms with Crippen LogP contribution in [0.5, 0.6) is 0 Å². The van der Waals surface area contributed by atoms with Gasteiger partial charge in [-0.15, -0.1) is 0 Å². The van der Waals surface area contributed by atoms with Crippen LogP contribution in [-0.4, -0.2) is 15.6 Å². The number of hydrogen-bond donors (Lipinski definition) is 1. The van der Waals surface area contributed by atoms with Gasteiger partial charge in [0.15, 0.2) is 0 Å². The highest BCUT2D eigenvalue weighted by molar-refractivity contribution is 7.07. The van der Waals surface area contributed by atoms with E-state index in [1.807, 2.05) is 5.38 Å². The van der Waals surface area contributed by atoms with Gasteiger partial charge in [0.25, 0.3) is 0 Å². The van der Waals surface area contributed by atoms with Crippen LogP contribution in [0.4, 0.5) is 0 Å². The van der Waals surface area contributed by atoms with Gasteiger partial charge in [-0.1, -0.05) is 0 Å². The third-order valence-electron chi connectivity index (χ3n) is 2.27. The molecular formula is C11H11NO2S. The molecule has 2 heterocycles. The van der Waals surface area contributed by atoms with Crippen LogP contribution in [0, 0.1) is 0 Å². The highest BCUT2D eigenvalue weighted by atomic mass is 32.1. The number of nitrogens with zero attached hydrogens (tertiary/aromatic N) is 1. The first-order chi connectivity index (χ1) is 7.27. The van der Waals surface area contributed by atoms with E-state index in [1.165, 1.54) is 5.56 Å². The molecule has 2 rings (SSSR count). The molecule has 0 aromatic carbocycles. The zero-order valence-electron chi connectivity index (χ0n) is 8.09. The highest BCUT2D eigenvalue weighted by Gasteiger charge is 2.07. The number of rotatable bonds is 4.